The lowest BCUT2D eigenvalue weighted by Gasteiger charge is -2.26. The molecule has 3 heterocycles. The molecule has 1 aromatic carbocycles. The van der Waals surface area contributed by atoms with Crippen LogP contribution in [0.3, 0.4) is 0 Å². The van der Waals surface area contributed by atoms with Gasteiger partial charge in [0.2, 0.25) is 5.91 Å². The molecule has 1 aliphatic heterocycles. The molecule has 8 nitrogen and oxygen atoms in total. The number of hydrogen-bond donors (Lipinski definition) is 1. The molecule has 1 N–H and O–H groups in total. The number of carbonyl (C=O) groups excluding carboxylic acids is 2. The van der Waals surface area contributed by atoms with Crippen LogP contribution in [0.2, 0.25) is 0 Å². The topological polar surface area (TPSA) is 88.8 Å². The van der Waals surface area contributed by atoms with E-state index in [0.717, 1.165) is 22.2 Å². The van der Waals surface area contributed by atoms with Crippen molar-refractivity contribution in [2.24, 2.45) is 0 Å². The Bertz CT molecular complexity index is 1090. The molecule has 4 rings (SSSR count). The molecule has 2 aromatic heterocycles. The Morgan fingerprint density at radius 3 is 2.87 bits per heavy atom. The van der Waals surface area contributed by atoms with Crippen molar-refractivity contribution < 1.29 is 14.3 Å². The third-order valence-corrected chi connectivity index (χ3v) is 5.21. The van der Waals surface area contributed by atoms with Crippen molar-refractivity contribution in [3.05, 3.63) is 72.2 Å². The van der Waals surface area contributed by atoms with Gasteiger partial charge in [0.25, 0.3) is 0 Å². The van der Waals surface area contributed by atoms with Crippen LogP contribution in [0.4, 0.5) is 5.82 Å². The lowest BCUT2D eigenvalue weighted by Crippen LogP contribution is -2.34. The average Bonchev–Trinajstić information content (AvgIpc) is 3.15. The molecule has 0 radical (unpaired) electrons. The summed E-state index contributed by atoms with van der Waals surface area (Å²) in [5, 5.41) is 7.78. The van der Waals surface area contributed by atoms with Gasteiger partial charge in [-0.2, -0.15) is 5.10 Å². The van der Waals surface area contributed by atoms with Gasteiger partial charge in [-0.05, 0) is 29.2 Å². The van der Waals surface area contributed by atoms with Gasteiger partial charge < -0.3 is 15.0 Å². The van der Waals surface area contributed by atoms with E-state index in [2.05, 4.69) is 22.0 Å². The van der Waals surface area contributed by atoms with Crippen molar-refractivity contribution in [2.45, 2.75) is 25.9 Å². The fraction of sp³-hybridized carbons (Fsp3) is 0.273. The highest BCUT2D eigenvalue weighted by atomic mass is 16.5. The average molecular weight is 405 g/mol. The quantitative estimate of drug-likeness (QED) is 0.501. The maximum Gasteiger partial charge on any atom is 0.302 e. The Morgan fingerprint density at radius 1 is 1.33 bits per heavy atom. The second-order valence-electron chi connectivity index (χ2n) is 7.16. The summed E-state index contributed by atoms with van der Waals surface area (Å²) in [7, 11) is 0. The van der Waals surface area contributed by atoms with Gasteiger partial charge in [0.1, 0.15) is 18.5 Å². The maximum atomic E-state index is 12.0. The number of aromatic nitrogens is 3. The minimum absolute atomic E-state index is 0.0779. The number of nitrogens with zero attached hydrogens (tertiary/aromatic N) is 4. The van der Waals surface area contributed by atoms with Gasteiger partial charge in [0.15, 0.2) is 5.82 Å². The number of esters is 1. The van der Waals surface area contributed by atoms with Crippen LogP contribution in [-0.4, -0.2) is 44.5 Å². The third-order valence-electron chi connectivity index (χ3n) is 5.21. The number of rotatable bonds is 6. The smallest absolute Gasteiger partial charge is 0.302 e. The fourth-order valence-electron chi connectivity index (χ4n) is 3.77. The van der Waals surface area contributed by atoms with E-state index in [1.807, 2.05) is 36.5 Å². The summed E-state index contributed by atoms with van der Waals surface area (Å²) in [5.74, 6) is 0.249. The Morgan fingerprint density at radius 2 is 2.13 bits per heavy atom. The second-order valence-corrected chi connectivity index (χ2v) is 7.16. The van der Waals surface area contributed by atoms with Gasteiger partial charge in [-0.3, -0.25) is 9.59 Å². The molecule has 0 unspecified atom stereocenters. The zero-order chi connectivity index (χ0) is 21.1. The highest BCUT2D eigenvalue weighted by molar-refractivity contribution is 5.87. The standard InChI is InChI=1S/C22H23N5O3/c1-3-20(29)26-10-9-18-17(11-26)12-27-21(18)22(23-14-24-27)25-19(13-30-15(2)28)16-7-5-4-6-8-16/h3-8,12,14,19H,1,9-11,13H2,2H3,(H,23,24,25)/t19-/m1/s1. The van der Waals surface area contributed by atoms with Crippen molar-refractivity contribution in [1.29, 1.82) is 0 Å². The van der Waals surface area contributed by atoms with Gasteiger partial charge in [0.05, 0.1) is 6.04 Å². The van der Waals surface area contributed by atoms with Crippen molar-refractivity contribution >= 4 is 23.2 Å². The number of nitrogens with one attached hydrogen (secondary N) is 1. The number of fused-ring (bicyclic) bond motifs is 3. The van der Waals surface area contributed by atoms with Crippen LogP contribution < -0.4 is 5.32 Å². The van der Waals surface area contributed by atoms with Crippen molar-refractivity contribution in [2.75, 3.05) is 18.5 Å². The molecular formula is C22H23N5O3. The van der Waals surface area contributed by atoms with Crippen molar-refractivity contribution in [1.82, 2.24) is 19.5 Å². The first kappa shape index (κ1) is 19.6. The number of ether oxygens (including phenoxy) is 1. The van der Waals surface area contributed by atoms with E-state index >= 15 is 0 Å². The zero-order valence-electron chi connectivity index (χ0n) is 16.7. The third kappa shape index (κ3) is 3.89. The highest BCUT2D eigenvalue weighted by Crippen LogP contribution is 2.30. The lowest BCUT2D eigenvalue weighted by molar-refractivity contribution is -0.141. The number of anilines is 1. The highest BCUT2D eigenvalue weighted by Gasteiger charge is 2.25. The number of carbonyl (C=O) groups is 2. The minimum atomic E-state index is -0.336. The summed E-state index contributed by atoms with van der Waals surface area (Å²) < 4.78 is 7.07. The molecular weight excluding hydrogens is 382 g/mol. The molecule has 0 fully saturated rings. The van der Waals surface area contributed by atoms with Gasteiger partial charge in [-0.25, -0.2) is 9.50 Å². The van der Waals surface area contributed by atoms with E-state index in [9.17, 15) is 9.59 Å². The van der Waals surface area contributed by atoms with Crippen LogP contribution >= 0.6 is 0 Å². The molecule has 0 saturated carbocycles. The van der Waals surface area contributed by atoms with Crippen molar-refractivity contribution in [3.8, 4) is 0 Å². The second kappa shape index (κ2) is 8.36. The molecule has 0 bridgehead atoms. The summed E-state index contributed by atoms with van der Waals surface area (Å²) in [5.41, 5.74) is 4.02. The van der Waals surface area contributed by atoms with Crippen LogP contribution in [0.5, 0.6) is 0 Å². The van der Waals surface area contributed by atoms with Gasteiger partial charge in [-0.1, -0.05) is 36.9 Å². The molecule has 1 aliphatic rings. The maximum absolute atomic E-state index is 12.0. The van der Waals surface area contributed by atoms with Gasteiger partial charge in [-0.15, -0.1) is 0 Å². The predicted octanol–water partition coefficient (Wildman–Crippen LogP) is 2.52. The monoisotopic (exact) mass is 405 g/mol. The molecule has 0 spiro atoms. The Hall–Kier alpha value is -3.68. The van der Waals surface area contributed by atoms with Crippen LogP contribution in [0.25, 0.3) is 5.52 Å². The first-order valence-corrected chi connectivity index (χ1v) is 9.77. The van der Waals surface area contributed by atoms with E-state index in [1.165, 1.54) is 19.3 Å². The van der Waals surface area contributed by atoms with Crippen LogP contribution in [0, 0.1) is 0 Å². The molecule has 30 heavy (non-hydrogen) atoms. The van der Waals surface area contributed by atoms with Gasteiger partial charge >= 0.3 is 5.97 Å². The van der Waals surface area contributed by atoms with E-state index in [0.29, 0.717) is 25.3 Å². The first-order valence-electron chi connectivity index (χ1n) is 9.77. The number of hydrogen-bond acceptors (Lipinski definition) is 6. The zero-order valence-corrected chi connectivity index (χ0v) is 16.7. The van der Waals surface area contributed by atoms with E-state index < -0.39 is 0 Å². The predicted molar refractivity (Wildman–Crippen MR) is 112 cm³/mol. The summed E-state index contributed by atoms with van der Waals surface area (Å²) in [6.07, 6.45) is 5.46. The normalized spacial score (nSPS) is 14.1. The van der Waals surface area contributed by atoms with E-state index in [-0.39, 0.29) is 24.5 Å². The van der Waals surface area contributed by atoms with Crippen LogP contribution in [-0.2, 0) is 27.3 Å². The summed E-state index contributed by atoms with van der Waals surface area (Å²) in [4.78, 5) is 29.6. The Labute approximate surface area is 174 Å². The largest absolute Gasteiger partial charge is 0.463 e. The summed E-state index contributed by atoms with van der Waals surface area (Å²) in [6, 6.07) is 9.52. The van der Waals surface area contributed by atoms with E-state index in [1.54, 1.807) is 9.42 Å². The molecule has 3 aromatic rings. The Kier molecular flexibility index (Phi) is 5.47. The molecule has 0 saturated heterocycles. The lowest BCUT2D eigenvalue weighted by atomic mass is 10.0. The number of amides is 1. The first-order chi connectivity index (χ1) is 14.6. The van der Waals surface area contributed by atoms with Crippen LogP contribution in [0.15, 0.2) is 55.5 Å². The molecule has 8 heteroatoms. The van der Waals surface area contributed by atoms with E-state index in [4.69, 9.17) is 4.74 Å². The molecule has 1 atom stereocenters. The summed E-state index contributed by atoms with van der Waals surface area (Å²) in [6.45, 7) is 6.27. The van der Waals surface area contributed by atoms with Gasteiger partial charge in [0, 0.05) is 26.2 Å². The summed E-state index contributed by atoms with van der Waals surface area (Å²) >= 11 is 0. The van der Waals surface area contributed by atoms with Crippen LogP contribution in [0.1, 0.15) is 29.7 Å². The van der Waals surface area contributed by atoms with Crippen molar-refractivity contribution in [3.63, 3.8) is 0 Å². The molecule has 1 amide bonds. The number of benzene rings is 1. The Balaban J connectivity index is 1.68. The molecule has 0 aliphatic carbocycles. The molecule has 154 valence electrons. The SMILES string of the molecule is C=CC(=O)N1CCc2c(cn3ncnc(N[C@H](COC(C)=O)c4ccccc4)c23)C1. The minimum Gasteiger partial charge on any atom is -0.463 e. The fourth-order valence-corrected chi connectivity index (χ4v) is 3.77.